The zero-order valence-electron chi connectivity index (χ0n) is 11.6. The zero-order valence-corrected chi connectivity index (χ0v) is 13.2. The van der Waals surface area contributed by atoms with Crippen molar-refractivity contribution < 1.29 is 17.9 Å². The molecule has 1 aliphatic heterocycles. The zero-order chi connectivity index (χ0) is 16.6. The molecule has 0 bridgehead atoms. The maximum absolute atomic E-state index is 13.0. The average Bonchev–Trinajstić information content (AvgIpc) is 3.00. The highest BCUT2D eigenvalue weighted by atomic mass is 35.5. The van der Waals surface area contributed by atoms with Gasteiger partial charge in [0.25, 0.3) is 5.56 Å². The van der Waals surface area contributed by atoms with Gasteiger partial charge in [-0.3, -0.25) is 4.79 Å². The highest BCUT2D eigenvalue weighted by Gasteiger charge is 2.37. The van der Waals surface area contributed by atoms with Crippen molar-refractivity contribution in [3.8, 4) is 10.7 Å². The number of hydrogen-bond acceptors (Lipinski definition) is 5. The predicted octanol–water partition coefficient (Wildman–Crippen LogP) is 3.46. The van der Waals surface area contributed by atoms with Gasteiger partial charge in [0.05, 0.1) is 11.2 Å². The lowest BCUT2D eigenvalue weighted by atomic mass is 9.96. The van der Waals surface area contributed by atoms with Crippen LogP contribution < -0.4 is 5.56 Å². The summed E-state index contributed by atoms with van der Waals surface area (Å²) in [6.45, 7) is 0.998. The highest BCUT2D eigenvalue weighted by Crippen LogP contribution is 2.38. The number of thiazole rings is 1. The summed E-state index contributed by atoms with van der Waals surface area (Å²) < 4.78 is 44.2. The lowest BCUT2D eigenvalue weighted by molar-refractivity contribution is -0.140. The van der Waals surface area contributed by atoms with Crippen LogP contribution in [0.3, 0.4) is 0 Å². The first kappa shape index (κ1) is 16.4. The topological polar surface area (TPSA) is 67.9 Å². The van der Waals surface area contributed by atoms with E-state index >= 15 is 0 Å². The van der Waals surface area contributed by atoms with Crippen molar-refractivity contribution in [3.05, 3.63) is 32.3 Å². The Morgan fingerprint density at radius 2 is 2.04 bits per heavy atom. The molecular weight excluding hydrogens is 355 g/mol. The van der Waals surface area contributed by atoms with Gasteiger partial charge in [-0.25, -0.2) is 9.97 Å². The molecule has 0 radical (unpaired) electrons. The fraction of sp³-hybridized carbons (Fsp3) is 0.462. The van der Waals surface area contributed by atoms with Gasteiger partial charge in [-0.2, -0.15) is 13.2 Å². The Labute approximate surface area is 137 Å². The minimum absolute atomic E-state index is 0.0845. The number of nitrogens with zero attached hydrogens (tertiary/aromatic N) is 2. The van der Waals surface area contributed by atoms with E-state index in [4.69, 9.17) is 16.3 Å². The van der Waals surface area contributed by atoms with Crippen LogP contribution in [0.1, 0.15) is 30.1 Å². The molecule has 23 heavy (non-hydrogen) atoms. The molecule has 3 rings (SSSR count). The molecular formula is C13H11ClF3N3O2S. The van der Waals surface area contributed by atoms with Gasteiger partial charge in [0, 0.05) is 19.1 Å². The summed E-state index contributed by atoms with van der Waals surface area (Å²) in [5.74, 6) is -0.268. The van der Waals surface area contributed by atoms with E-state index in [0.29, 0.717) is 31.7 Å². The molecule has 2 aromatic heterocycles. The molecule has 1 saturated heterocycles. The number of alkyl halides is 3. The number of hydrogen-bond donors (Lipinski definition) is 1. The molecule has 0 spiro atoms. The molecule has 0 saturated carbocycles. The summed E-state index contributed by atoms with van der Waals surface area (Å²) in [6, 6.07) is 0. The first-order valence-electron chi connectivity index (χ1n) is 6.76. The third-order valence-electron chi connectivity index (χ3n) is 3.55. The Hall–Kier alpha value is -1.45. The van der Waals surface area contributed by atoms with Crippen LogP contribution in [-0.2, 0) is 10.9 Å². The van der Waals surface area contributed by atoms with Crippen LogP contribution >= 0.6 is 22.9 Å². The second-order valence-electron chi connectivity index (χ2n) is 5.03. The van der Waals surface area contributed by atoms with Crippen LogP contribution in [0.25, 0.3) is 10.7 Å². The second-order valence-corrected chi connectivity index (χ2v) is 6.26. The maximum Gasteiger partial charge on any atom is 0.434 e. The summed E-state index contributed by atoms with van der Waals surface area (Å²) in [4.78, 5) is 21.6. The number of halogens is 4. The summed E-state index contributed by atoms with van der Waals surface area (Å²) in [7, 11) is 0. The van der Waals surface area contributed by atoms with Gasteiger partial charge in [0.2, 0.25) is 0 Å². The van der Waals surface area contributed by atoms with Crippen LogP contribution in [0.2, 0.25) is 5.02 Å². The molecule has 1 aliphatic rings. The van der Waals surface area contributed by atoms with Crippen molar-refractivity contribution in [1.29, 1.82) is 0 Å². The monoisotopic (exact) mass is 365 g/mol. The van der Waals surface area contributed by atoms with Gasteiger partial charge in [-0.1, -0.05) is 11.6 Å². The number of rotatable bonds is 2. The number of aromatic nitrogens is 3. The third kappa shape index (κ3) is 3.26. The number of nitrogens with one attached hydrogen (secondary N) is 1. The maximum atomic E-state index is 13.0. The van der Waals surface area contributed by atoms with Crippen molar-refractivity contribution in [2.45, 2.75) is 24.9 Å². The Morgan fingerprint density at radius 1 is 1.35 bits per heavy atom. The van der Waals surface area contributed by atoms with E-state index in [9.17, 15) is 18.0 Å². The molecule has 124 valence electrons. The highest BCUT2D eigenvalue weighted by molar-refractivity contribution is 7.13. The van der Waals surface area contributed by atoms with E-state index in [2.05, 4.69) is 15.0 Å². The van der Waals surface area contributed by atoms with E-state index < -0.39 is 17.4 Å². The van der Waals surface area contributed by atoms with Crippen LogP contribution in [0.15, 0.2) is 10.3 Å². The average molecular weight is 366 g/mol. The third-order valence-corrected chi connectivity index (χ3v) is 4.75. The molecule has 0 unspecified atom stereocenters. The summed E-state index contributed by atoms with van der Waals surface area (Å²) in [5, 5.41) is -0.0845. The van der Waals surface area contributed by atoms with E-state index in [0.717, 1.165) is 16.8 Å². The van der Waals surface area contributed by atoms with E-state index in [1.165, 1.54) is 0 Å². The summed E-state index contributed by atoms with van der Waals surface area (Å²) in [5.41, 5.74) is -0.332. The molecule has 10 heteroatoms. The molecule has 5 nitrogen and oxygen atoms in total. The van der Waals surface area contributed by atoms with E-state index in [1.807, 2.05) is 0 Å². The van der Waals surface area contributed by atoms with Gasteiger partial charge in [0.1, 0.15) is 9.90 Å². The van der Waals surface area contributed by atoms with Gasteiger partial charge in [0.15, 0.2) is 11.5 Å². The van der Waals surface area contributed by atoms with Gasteiger partial charge in [-0.15, -0.1) is 11.3 Å². The largest absolute Gasteiger partial charge is 0.434 e. The molecule has 0 atom stereocenters. The summed E-state index contributed by atoms with van der Waals surface area (Å²) in [6.07, 6.45) is -3.39. The Morgan fingerprint density at radius 3 is 2.70 bits per heavy atom. The second kappa shape index (κ2) is 6.21. The first-order valence-corrected chi connectivity index (χ1v) is 8.02. The van der Waals surface area contributed by atoms with Crippen molar-refractivity contribution in [2.75, 3.05) is 13.2 Å². The molecule has 1 fully saturated rings. The van der Waals surface area contributed by atoms with Gasteiger partial charge < -0.3 is 9.72 Å². The Kier molecular flexibility index (Phi) is 4.43. The number of ether oxygens (including phenoxy) is 1. The van der Waals surface area contributed by atoms with Gasteiger partial charge in [-0.05, 0) is 12.8 Å². The first-order chi connectivity index (χ1) is 10.9. The molecule has 3 heterocycles. The minimum atomic E-state index is -4.62. The standard InChI is InChI=1S/C13H11ClF3N3O2S/c14-7-8(6-1-3-22-4-2-6)19-11(20-12(7)21)9-10(13(15,16)17)18-5-23-9/h5-6H,1-4H2,(H,19,20,21). The lowest BCUT2D eigenvalue weighted by Crippen LogP contribution is -2.21. The van der Waals surface area contributed by atoms with Gasteiger partial charge >= 0.3 is 6.18 Å². The molecule has 1 N–H and O–H groups in total. The molecule has 0 aromatic carbocycles. The smallest absolute Gasteiger partial charge is 0.381 e. The van der Waals surface area contributed by atoms with Crippen LogP contribution in [0.5, 0.6) is 0 Å². The Balaban J connectivity index is 2.09. The van der Waals surface area contributed by atoms with Crippen LogP contribution in [0.4, 0.5) is 13.2 Å². The summed E-state index contributed by atoms with van der Waals surface area (Å²) >= 11 is 6.78. The minimum Gasteiger partial charge on any atom is -0.381 e. The van der Waals surface area contributed by atoms with E-state index in [1.54, 1.807) is 0 Å². The number of aromatic amines is 1. The van der Waals surface area contributed by atoms with Crippen LogP contribution in [0, 0.1) is 0 Å². The SMILES string of the molecule is O=c1[nH]c(-c2scnc2C(F)(F)F)nc(C2CCOCC2)c1Cl. The Bertz CT molecular complexity index is 769. The van der Waals surface area contributed by atoms with Crippen molar-refractivity contribution in [3.63, 3.8) is 0 Å². The quantitative estimate of drug-likeness (QED) is 0.885. The molecule has 0 aliphatic carbocycles. The normalized spacial score (nSPS) is 16.7. The fourth-order valence-corrected chi connectivity index (χ4v) is 3.44. The van der Waals surface area contributed by atoms with Crippen molar-refractivity contribution >= 4 is 22.9 Å². The fourth-order valence-electron chi connectivity index (χ4n) is 2.44. The molecule has 0 amide bonds. The van der Waals surface area contributed by atoms with Crippen molar-refractivity contribution in [1.82, 2.24) is 15.0 Å². The van der Waals surface area contributed by atoms with Crippen molar-refractivity contribution in [2.24, 2.45) is 0 Å². The van der Waals surface area contributed by atoms with Crippen LogP contribution in [-0.4, -0.2) is 28.2 Å². The van der Waals surface area contributed by atoms with E-state index in [-0.39, 0.29) is 21.6 Å². The predicted molar refractivity (Wildman–Crippen MR) is 78.8 cm³/mol. The molecule has 2 aromatic rings. The number of H-pyrrole nitrogens is 1. The lowest BCUT2D eigenvalue weighted by Gasteiger charge is -2.22.